The second-order valence-electron chi connectivity index (χ2n) is 4.89. The molecule has 1 aliphatic rings. The first-order valence-corrected chi connectivity index (χ1v) is 7.84. The van der Waals surface area contributed by atoms with Crippen LogP contribution in [0.15, 0.2) is 23.1 Å². The van der Waals surface area contributed by atoms with Crippen molar-refractivity contribution in [3.63, 3.8) is 0 Å². The monoisotopic (exact) mass is 335 g/mol. The van der Waals surface area contributed by atoms with E-state index in [9.17, 15) is 18.5 Å². The lowest BCUT2D eigenvalue weighted by molar-refractivity contribution is -0.387. The van der Waals surface area contributed by atoms with Crippen LogP contribution in [0.25, 0.3) is 0 Å². The van der Waals surface area contributed by atoms with E-state index in [1.54, 1.807) is 13.0 Å². The molecule has 1 aromatic carbocycles. The zero-order valence-electron chi connectivity index (χ0n) is 11.5. The highest BCUT2D eigenvalue weighted by Gasteiger charge is 2.28. The van der Waals surface area contributed by atoms with Crippen molar-refractivity contribution in [3.05, 3.63) is 33.9 Å². The smallest absolute Gasteiger partial charge is 0.289 e. The van der Waals surface area contributed by atoms with E-state index in [1.165, 1.54) is 12.1 Å². The largest absolute Gasteiger partial charge is 0.316 e. The predicted octanol–water partition coefficient (Wildman–Crippen LogP) is 1.21. The third-order valence-corrected chi connectivity index (χ3v) is 5.00. The maximum atomic E-state index is 12.3. The zero-order chi connectivity index (χ0) is 14.8. The summed E-state index contributed by atoms with van der Waals surface area (Å²) in [5.74, 6) is 0.229. The molecule has 1 aromatic rings. The van der Waals surface area contributed by atoms with Crippen LogP contribution in [0, 0.1) is 23.0 Å². The molecule has 0 aromatic heterocycles. The maximum Gasteiger partial charge on any atom is 0.289 e. The van der Waals surface area contributed by atoms with Crippen LogP contribution in [-0.4, -0.2) is 33.0 Å². The molecule has 1 saturated heterocycles. The number of sulfonamides is 1. The normalized spacial score (nSPS) is 18.2. The summed E-state index contributed by atoms with van der Waals surface area (Å²) in [5.41, 5.74) is -0.0155. The van der Waals surface area contributed by atoms with Gasteiger partial charge < -0.3 is 5.32 Å². The summed E-state index contributed by atoms with van der Waals surface area (Å²) >= 11 is 0. The summed E-state index contributed by atoms with van der Waals surface area (Å²) in [6, 6.07) is 4.24. The van der Waals surface area contributed by atoms with Crippen LogP contribution in [0.4, 0.5) is 5.69 Å². The van der Waals surface area contributed by atoms with Gasteiger partial charge in [-0.2, -0.15) is 0 Å². The zero-order valence-corrected chi connectivity index (χ0v) is 13.2. The van der Waals surface area contributed by atoms with Crippen molar-refractivity contribution in [2.45, 2.75) is 18.2 Å². The summed E-state index contributed by atoms with van der Waals surface area (Å²) in [6.07, 6.45) is 0.901. The van der Waals surface area contributed by atoms with Gasteiger partial charge in [0.15, 0.2) is 4.90 Å². The van der Waals surface area contributed by atoms with Crippen molar-refractivity contribution in [1.82, 2.24) is 10.0 Å². The molecule has 7 nitrogen and oxygen atoms in total. The van der Waals surface area contributed by atoms with E-state index >= 15 is 0 Å². The van der Waals surface area contributed by atoms with Crippen LogP contribution >= 0.6 is 12.4 Å². The summed E-state index contributed by atoms with van der Waals surface area (Å²) in [7, 11) is -3.87. The minimum absolute atomic E-state index is 0. The second kappa shape index (κ2) is 7.17. The van der Waals surface area contributed by atoms with Crippen LogP contribution in [0.2, 0.25) is 0 Å². The lowest BCUT2D eigenvalue weighted by atomic mass is 10.1. The molecular formula is C12H18ClN3O4S. The van der Waals surface area contributed by atoms with Crippen molar-refractivity contribution in [1.29, 1.82) is 0 Å². The molecule has 1 fully saturated rings. The Morgan fingerprint density at radius 2 is 2.19 bits per heavy atom. The Hall–Kier alpha value is -1.22. The van der Waals surface area contributed by atoms with Gasteiger partial charge >= 0.3 is 0 Å². The van der Waals surface area contributed by atoms with Gasteiger partial charge in [-0.05, 0) is 37.9 Å². The summed E-state index contributed by atoms with van der Waals surface area (Å²) < 4.78 is 27.1. The number of nitrogens with zero attached hydrogens (tertiary/aromatic N) is 1. The molecule has 0 radical (unpaired) electrons. The predicted molar refractivity (Wildman–Crippen MR) is 81.2 cm³/mol. The number of nitro groups is 1. The lowest BCUT2D eigenvalue weighted by Crippen LogP contribution is -2.31. The average molecular weight is 336 g/mol. The number of halogens is 1. The van der Waals surface area contributed by atoms with Gasteiger partial charge in [0, 0.05) is 12.6 Å². The number of benzene rings is 1. The molecule has 2 rings (SSSR count). The van der Waals surface area contributed by atoms with Crippen LogP contribution < -0.4 is 10.0 Å². The van der Waals surface area contributed by atoms with Gasteiger partial charge in [-0.1, -0.05) is 12.1 Å². The molecule has 1 unspecified atom stereocenters. The van der Waals surface area contributed by atoms with Crippen molar-refractivity contribution < 1.29 is 13.3 Å². The molecule has 0 spiro atoms. The van der Waals surface area contributed by atoms with Gasteiger partial charge in [0.25, 0.3) is 5.69 Å². The molecule has 0 bridgehead atoms. The highest BCUT2D eigenvalue weighted by molar-refractivity contribution is 7.89. The number of rotatable bonds is 5. The van der Waals surface area contributed by atoms with E-state index < -0.39 is 14.9 Å². The Morgan fingerprint density at radius 3 is 2.76 bits per heavy atom. The van der Waals surface area contributed by atoms with Crippen LogP contribution in [-0.2, 0) is 10.0 Å². The van der Waals surface area contributed by atoms with Crippen LogP contribution in [0.3, 0.4) is 0 Å². The third-order valence-electron chi connectivity index (χ3n) is 3.38. The third kappa shape index (κ3) is 4.13. The first-order valence-electron chi connectivity index (χ1n) is 6.36. The molecule has 2 N–H and O–H groups in total. The van der Waals surface area contributed by atoms with E-state index in [0.717, 1.165) is 19.5 Å². The minimum atomic E-state index is -3.87. The first-order chi connectivity index (χ1) is 9.42. The van der Waals surface area contributed by atoms with Crippen molar-refractivity contribution in [2.24, 2.45) is 5.92 Å². The summed E-state index contributed by atoms with van der Waals surface area (Å²) in [5, 5.41) is 14.1. The standard InChI is InChI=1S/C12H17N3O4S.ClH/c1-9-3-2-4-11(15(16)17)12(9)20(18,19)14-8-10-5-6-13-7-10;/h2-4,10,13-14H,5-8H2,1H3;1H. The van der Waals surface area contributed by atoms with Crippen LogP contribution in [0.5, 0.6) is 0 Å². The number of hydrogen-bond donors (Lipinski definition) is 2. The molecule has 118 valence electrons. The number of nitrogens with one attached hydrogen (secondary N) is 2. The van der Waals surface area contributed by atoms with Gasteiger partial charge in [0.05, 0.1) is 4.92 Å². The fourth-order valence-corrected chi connectivity index (χ4v) is 3.83. The topological polar surface area (TPSA) is 101 Å². The van der Waals surface area contributed by atoms with E-state index in [1.807, 2.05) is 0 Å². The molecule has 21 heavy (non-hydrogen) atoms. The fourth-order valence-electron chi connectivity index (χ4n) is 2.32. The molecule has 0 aliphatic carbocycles. The second-order valence-corrected chi connectivity index (χ2v) is 6.59. The Bertz CT molecular complexity index is 615. The highest BCUT2D eigenvalue weighted by Crippen LogP contribution is 2.26. The Morgan fingerprint density at radius 1 is 1.48 bits per heavy atom. The highest BCUT2D eigenvalue weighted by atomic mass is 35.5. The van der Waals surface area contributed by atoms with E-state index in [0.29, 0.717) is 12.1 Å². The average Bonchev–Trinajstić information content (AvgIpc) is 2.89. The van der Waals surface area contributed by atoms with Crippen LogP contribution in [0.1, 0.15) is 12.0 Å². The quantitative estimate of drug-likeness (QED) is 0.622. The van der Waals surface area contributed by atoms with Crippen molar-refractivity contribution in [2.75, 3.05) is 19.6 Å². The summed E-state index contributed by atoms with van der Waals surface area (Å²) in [4.78, 5) is 10.1. The van der Waals surface area contributed by atoms with Crippen molar-refractivity contribution in [3.8, 4) is 0 Å². The molecule has 0 saturated carbocycles. The van der Waals surface area contributed by atoms with Gasteiger partial charge in [0.1, 0.15) is 0 Å². The van der Waals surface area contributed by atoms with Gasteiger partial charge in [-0.3, -0.25) is 10.1 Å². The first kappa shape index (κ1) is 17.8. The Labute approximate surface area is 129 Å². The Kier molecular flexibility index (Phi) is 6.09. The lowest BCUT2D eigenvalue weighted by Gasteiger charge is -2.12. The van der Waals surface area contributed by atoms with Crippen molar-refractivity contribution >= 4 is 28.1 Å². The SMILES string of the molecule is Cc1cccc([N+](=O)[O-])c1S(=O)(=O)NCC1CCNC1.Cl. The minimum Gasteiger partial charge on any atom is -0.316 e. The fraction of sp³-hybridized carbons (Fsp3) is 0.500. The number of nitro benzene ring substituents is 1. The molecule has 9 heteroatoms. The van der Waals surface area contributed by atoms with Gasteiger partial charge in [-0.15, -0.1) is 12.4 Å². The van der Waals surface area contributed by atoms with E-state index in [-0.39, 0.29) is 28.9 Å². The Balaban J connectivity index is 0.00000220. The van der Waals surface area contributed by atoms with E-state index in [2.05, 4.69) is 10.0 Å². The molecule has 0 amide bonds. The number of hydrogen-bond acceptors (Lipinski definition) is 5. The molecular weight excluding hydrogens is 318 g/mol. The number of aryl methyl sites for hydroxylation is 1. The van der Waals surface area contributed by atoms with Gasteiger partial charge in [0.2, 0.25) is 10.0 Å². The molecule has 1 atom stereocenters. The maximum absolute atomic E-state index is 12.3. The summed E-state index contributed by atoms with van der Waals surface area (Å²) in [6.45, 7) is 3.48. The van der Waals surface area contributed by atoms with Gasteiger partial charge in [-0.25, -0.2) is 13.1 Å². The van der Waals surface area contributed by atoms with E-state index in [4.69, 9.17) is 0 Å². The molecule has 1 aliphatic heterocycles. The molecule has 1 heterocycles.